The van der Waals surface area contributed by atoms with Crippen LogP contribution in [0, 0.1) is 29.1 Å². The Labute approximate surface area is 213 Å². The van der Waals surface area contributed by atoms with Gasteiger partial charge in [0.25, 0.3) is 0 Å². The molecule has 0 bridgehead atoms. The molecule has 1 unspecified atom stereocenters. The fourth-order valence-corrected chi connectivity index (χ4v) is 5.76. The number of esters is 1. The number of nitriles is 1. The number of para-hydroxylation sites is 1. The Morgan fingerprint density at radius 2 is 2.06 bits per heavy atom. The van der Waals surface area contributed by atoms with Crippen molar-refractivity contribution in [2.75, 3.05) is 6.61 Å². The van der Waals surface area contributed by atoms with Crippen LogP contribution < -0.4 is 4.74 Å². The molecule has 0 saturated carbocycles. The van der Waals surface area contributed by atoms with Gasteiger partial charge in [0, 0.05) is 18.9 Å². The summed E-state index contributed by atoms with van der Waals surface area (Å²) < 4.78 is 17.9. The maximum absolute atomic E-state index is 13.3. The highest BCUT2D eigenvalue weighted by Gasteiger charge is 2.43. The number of allylic oxidation sites excluding steroid dienone is 2. The largest absolute Gasteiger partial charge is 0.477 e. The number of fused-ring (bicyclic) bond motifs is 1. The summed E-state index contributed by atoms with van der Waals surface area (Å²) in [7, 11) is 0. The fourth-order valence-electron chi connectivity index (χ4n) is 5.76. The zero-order valence-electron chi connectivity index (χ0n) is 21.1. The van der Waals surface area contributed by atoms with Gasteiger partial charge < -0.3 is 24.4 Å². The van der Waals surface area contributed by atoms with Gasteiger partial charge >= 0.3 is 5.97 Å². The minimum Gasteiger partial charge on any atom is -0.477 e. The molecule has 8 atom stereocenters. The van der Waals surface area contributed by atoms with Crippen molar-refractivity contribution in [1.82, 2.24) is 0 Å². The maximum atomic E-state index is 13.3. The second-order valence-electron chi connectivity index (χ2n) is 10.2. The highest BCUT2D eigenvalue weighted by Crippen LogP contribution is 2.44. The van der Waals surface area contributed by atoms with Crippen molar-refractivity contribution in [3.05, 3.63) is 53.6 Å². The molecule has 194 valence electrons. The van der Waals surface area contributed by atoms with Gasteiger partial charge in [-0.15, -0.1) is 0 Å². The van der Waals surface area contributed by atoms with Crippen molar-refractivity contribution in [1.29, 1.82) is 5.26 Å². The van der Waals surface area contributed by atoms with E-state index in [1.54, 1.807) is 24.3 Å². The number of hydrogen-bond donors (Lipinski definition) is 2. The lowest BCUT2D eigenvalue weighted by molar-refractivity contribution is -0.163. The second-order valence-corrected chi connectivity index (χ2v) is 10.2. The average Bonchev–Trinajstić information content (AvgIpc) is 2.87. The highest BCUT2D eigenvalue weighted by molar-refractivity contribution is 5.75. The lowest BCUT2D eigenvalue weighted by Crippen LogP contribution is -2.44. The van der Waals surface area contributed by atoms with Gasteiger partial charge in [-0.2, -0.15) is 5.26 Å². The molecule has 1 fully saturated rings. The van der Waals surface area contributed by atoms with Crippen molar-refractivity contribution < 1.29 is 29.2 Å². The minimum atomic E-state index is -0.849. The van der Waals surface area contributed by atoms with E-state index in [2.05, 4.69) is 19.1 Å². The van der Waals surface area contributed by atoms with Crippen LogP contribution in [-0.4, -0.2) is 53.3 Å². The minimum absolute atomic E-state index is 0.0326. The second kappa shape index (κ2) is 12.1. The van der Waals surface area contributed by atoms with E-state index in [0.29, 0.717) is 43.6 Å². The van der Waals surface area contributed by atoms with E-state index in [-0.39, 0.29) is 30.0 Å². The zero-order valence-corrected chi connectivity index (χ0v) is 21.1. The van der Waals surface area contributed by atoms with E-state index in [9.17, 15) is 20.3 Å². The zero-order chi connectivity index (χ0) is 25.7. The van der Waals surface area contributed by atoms with Crippen molar-refractivity contribution in [3.63, 3.8) is 0 Å². The topological polar surface area (TPSA) is 109 Å². The van der Waals surface area contributed by atoms with Crippen LogP contribution in [0.5, 0.6) is 5.75 Å². The van der Waals surface area contributed by atoms with Gasteiger partial charge in [0.1, 0.15) is 17.9 Å². The lowest BCUT2D eigenvalue weighted by atomic mass is 9.66. The van der Waals surface area contributed by atoms with E-state index in [1.807, 2.05) is 19.1 Å². The average molecular weight is 496 g/mol. The Morgan fingerprint density at radius 3 is 2.81 bits per heavy atom. The first kappa shape index (κ1) is 26.4. The molecule has 1 heterocycles. The van der Waals surface area contributed by atoms with Crippen LogP contribution in [-0.2, 0) is 14.3 Å². The van der Waals surface area contributed by atoms with E-state index < -0.39 is 24.3 Å². The van der Waals surface area contributed by atoms with Crippen LogP contribution in [0.25, 0.3) is 0 Å². The predicted molar refractivity (Wildman–Crippen MR) is 134 cm³/mol. The molecule has 1 aromatic carbocycles. The number of nitrogens with zero attached hydrogens (tertiary/aromatic N) is 1. The lowest BCUT2D eigenvalue weighted by Gasteiger charge is -2.43. The molecule has 1 aliphatic heterocycles. The van der Waals surface area contributed by atoms with Gasteiger partial charge in [0.2, 0.25) is 0 Å². The molecule has 3 aliphatic rings. The molecular formula is C29H37NO6. The summed E-state index contributed by atoms with van der Waals surface area (Å²) in [5, 5.41) is 29.9. The summed E-state index contributed by atoms with van der Waals surface area (Å²) in [4.78, 5) is 13.3. The summed E-state index contributed by atoms with van der Waals surface area (Å²) in [5.41, 5.74) is 1.37. The summed E-state index contributed by atoms with van der Waals surface area (Å²) >= 11 is 0. The molecule has 2 aliphatic carbocycles. The highest BCUT2D eigenvalue weighted by atomic mass is 16.6. The molecule has 4 rings (SSSR count). The molecule has 0 radical (unpaired) electrons. The van der Waals surface area contributed by atoms with Crippen molar-refractivity contribution in [2.45, 2.75) is 82.9 Å². The molecule has 0 amide bonds. The summed E-state index contributed by atoms with van der Waals surface area (Å²) in [6, 6.07) is 8.93. The van der Waals surface area contributed by atoms with E-state index in [4.69, 9.17) is 14.2 Å². The maximum Gasteiger partial charge on any atom is 0.347 e. The van der Waals surface area contributed by atoms with E-state index in [0.717, 1.165) is 18.4 Å². The van der Waals surface area contributed by atoms with Crippen molar-refractivity contribution >= 4 is 5.97 Å². The molecule has 7 nitrogen and oxygen atoms in total. The first-order chi connectivity index (χ1) is 17.4. The van der Waals surface area contributed by atoms with Gasteiger partial charge in [-0.3, -0.25) is 0 Å². The van der Waals surface area contributed by atoms with Gasteiger partial charge in [0.05, 0.1) is 23.9 Å². The first-order valence-electron chi connectivity index (χ1n) is 13.1. The quantitative estimate of drug-likeness (QED) is 0.523. The molecule has 2 N–H and O–H groups in total. The van der Waals surface area contributed by atoms with Gasteiger partial charge in [-0.05, 0) is 61.6 Å². The molecule has 0 aromatic heterocycles. The molecule has 36 heavy (non-hydrogen) atoms. The van der Waals surface area contributed by atoms with E-state index >= 15 is 0 Å². The van der Waals surface area contributed by atoms with Crippen LogP contribution in [0.2, 0.25) is 0 Å². The van der Waals surface area contributed by atoms with Gasteiger partial charge in [-0.1, -0.05) is 44.2 Å². The molecule has 0 spiro atoms. The fraction of sp³-hybridized carbons (Fsp3) is 0.586. The number of benzene rings is 1. The Bertz CT molecular complexity index is 1010. The number of aliphatic hydroxyl groups is 2. The SMILES string of the molecule is CCC(Oc1ccccc1C#N)C(=O)O[C@H]1C[C@H](O)C=C2C=C[C@H](C)[C@H](CC[C@@H]3C[C@H](O)CCO3)[C@H]21. The molecule has 1 saturated heterocycles. The molecule has 7 heteroatoms. The van der Waals surface area contributed by atoms with Crippen molar-refractivity contribution in [2.24, 2.45) is 17.8 Å². The third-order valence-corrected chi connectivity index (χ3v) is 7.71. The molecular weight excluding hydrogens is 458 g/mol. The Kier molecular flexibility index (Phi) is 8.84. The third-order valence-electron chi connectivity index (χ3n) is 7.71. The smallest absolute Gasteiger partial charge is 0.347 e. The van der Waals surface area contributed by atoms with Crippen LogP contribution in [0.1, 0.15) is 57.9 Å². The third kappa shape index (κ3) is 6.18. The number of carbonyl (C=O) groups is 1. The predicted octanol–water partition coefficient (Wildman–Crippen LogP) is 4.08. The summed E-state index contributed by atoms with van der Waals surface area (Å²) in [6.07, 6.45) is 7.57. The number of carbonyl (C=O) groups excluding carboxylic acids is 1. The van der Waals surface area contributed by atoms with Crippen LogP contribution in [0.3, 0.4) is 0 Å². The first-order valence-corrected chi connectivity index (χ1v) is 13.1. The number of rotatable bonds is 8. The number of aliphatic hydroxyl groups excluding tert-OH is 2. The Morgan fingerprint density at radius 1 is 1.25 bits per heavy atom. The van der Waals surface area contributed by atoms with Gasteiger partial charge in [-0.25, -0.2) is 4.79 Å². The normalized spacial score (nSPS) is 32.5. The van der Waals surface area contributed by atoms with Crippen LogP contribution in [0.15, 0.2) is 48.1 Å². The van der Waals surface area contributed by atoms with Crippen molar-refractivity contribution in [3.8, 4) is 11.8 Å². The van der Waals surface area contributed by atoms with Crippen LogP contribution in [0.4, 0.5) is 0 Å². The Balaban J connectivity index is 1.48. The molecule has 1 aromatic rings. The standard InChI is InChI=1S/C29H37NO6/c1-3-25(35-26-7-5-4-6-20(26)17-30)29(33)36-27-16-22(32)14-19-9-8-18(2)24(28(19)27)11-10-23-15-21(31)12-13-34-23/h4-9,14,18,21-25,27-28,31-32H,3,10-13,15-16H2,1-2H3/t18-,21+,22+,23+,24-,25?,27-,28-/m0/s1. The van der Waals surface area contributed by atoms with Crippen LogP contribution >= 0.6 is 0 Å². The summed E-state index contributed by atoms with van der Waals surface area (Å²) in [6.45, 7) is 4.60. The number of hydrogen-bond acceptors (Lipinski definition) is 7. The van der Waals surface area contributed by atoms with E-state index in [1.165, 1.54) is 0 Å². The summed E-state index contributed by atoms with van der Waals surface area (Å²) in [5.74, 6) is 0.334. The monoisotopic (exact) mass is 495 g/mol. The number of ether oxygens (including phenoxy) is 3. The van der Waals surface area contributed by atoms with Gasteiger partial charge in [0.15, 0.2) is 6.10 Å². The Hall–Kier alpha value is -2.66.